The fourth-order valence-electron chi connectivity index (χ4n) is 2.22. The molecule has 1 aromatic rings. The number of hydrogen-bond donors (Lipinski definition) is 0. The number of aryl methyl sites for hydroxylation is 1. The van der Waals surface area contributed by atoms with Gasteiger partial charge in [0.2, 0.25) is 0 Å². The summed E-state index contributed by atoms with van der Waals surface area (Å²) in [5, 5.41) is 0. The number of pyridine rings is 1. The molecule has 0 aliphatic carbocycles. The van der Waals surface area contributed by atoms with Gasteiger partial charge < -0.3 is 9.64 Å². The molecule has 4 heteroatoms. The van der Waals surface area contributed by atoms with Crippen LogP contribution in [0.25, 0.3) is 0 Å². The summed E-state index contributed by atoms with van der Waals surface area (Å²) in [4.78, 5) is 6.80. The van der Waals surface area contributed by atoms with Gasteiger partial charge in [0.1, 0.15) is 5.82 Å². The van der Waals surface area contributed by atoms with Gasteiger partial charge in [-0.05, 0) is 54.2 Å². The molecular formula is C13H19BrN2O. The van der Waals surface area contributed by atoms with Gasteiger partial charge in [0.05, 0.1) is 6.10 Å². The van der Waals surface area contributed by atoms with Crippen LogP contribution >= 0.6 is 15.9 Å². The zero-order chi connectivity index (χ0) is 12.3. The fourth-order valence-corrected chi connectivity index (χ4v) is 2.43. The molecular weight excluding hydrogens is 280 g/mol. The Morgan fingerprint density at radius 3 is 3.12 bits per heavy atom. The first-order chi connectivity index (χ1) is 8.20. The zero-order valence-corrected chi connectivity index (χ0v) is 12.0. The minimum atomic E-state index is 0.361. The molecule has 0 N–H and O–H groups in total. The molecule has 17 heavy (non-hydrogen) atoms. The monoisotopic (exact) mass is 298 g/mol. The van der Waals surface area contributed by atoms with Crippen LogP contribution in [0.3, 0.4) is 0 Å². The minimum absolute atomic E-state index is 0.361. The lowest BCUT2D eigenvalue weighted by molar-refractivity contribution is 0.0525. The van der Waals surface area contributed by atoms with Crippen LogP contribution in [0.4, 0.5) is 5.82 Å². The molecule has 2 heterocycles. The van der Waals surface area contributed by atoms with Crippen molar-refractivity contribution in [3.8, 4) is 0 Å². The van der Waals surface area contributed by atoms with Crippen molar-refractivity contribution in [3.63, 3.8) is 0 Å². The van der Waals surface area contributed by atoms with E-state index in [-0.39, 0.29) is 0 Å². The number of halogens is 1. The van der Waals surface area contributed by atoms with E-state index in [0.29, 0.717) is 6.10 Å². The van der Waals surface area contributed by atoms with E-state index < -0.39 is 0 Å². The molecule has 1 aliphatic rings. The molecule has 1 aromatic heterocycles. The van der Waals surface area contributed by atoms with E-state index in [4.69, 9.17) is 4.74 Å². The molecule has 1 atom stereocenters. The Bertz CT molecular complexity index is 382. The largest absolute Gasteiger partial charge is 0.377 e. The third-order valence-electron chi connectivity index (χ3n) is 3.14. The average Bonchev–Trinajstić information content (AvgIpc) is 2.33. The molecule has 1 fully saturated rings. The van der Waals surface area contributed by atoms with Gasteiger partial charge in [-0.2, -0.15) is 0 Å². The molecule has 0 spiro atoms. The predicted molar refractivity (Wildman–Crippen MR) is 73.5 cm³/mol. The van der Waals surface area contributed by atoms with Crippen molar-refractivity contribution >= 4 is 21.7 Å². The summed E-state index contributed by atoms with van der Waals surface area (Å²) >= 11 is 3.48. The lowest BCUT2D eigenvalue weighted by Gasteiger charge is -2.33. The quantitative estimate of drug-likeness (QED) is 0.857. The van der Waals surface area contributed by atoms with Crippen molar-refractivity contribution in [3.05, 3.63) is 22.3 Å². The molecule has 94 valence electrons. The Morgan fingerprint density at radius 2 is 2.41 bits per heavy atom. The van der Waals surface area contributed by atoms with Crippen LogP contribution in [0.2, 0.25) is 0 Å². The van der Waals surface area contributed by atoms with E-state index in [0.717, 1.165) is 30.0 Å². The minimum Gasteiger partial charge on any atom is -0.377 e. The van der Waals surface area contributed by atoms with Crippen molar-refractivity contribution in [2.24, 2.45) is 0 Å². The Labute approximate surface area is 111 Å². The van der Waals surface area contributed by atoms with Crippen LogP contribution in [0, 0.1) is 6.92 Å². The molecule has 0 radical (unpaired) electrons. The van der Waals surface area contributed by atoms with Crippen LogP contribution < -0.4 is 4.90 Å². The maximum Gasteiger partial charge on any atom is 0.128 e. The van der Waals surface area contributed by atoms with Crippen molar-refractivity contribution in [1.29, 1.82) is 0 Å². The van der Waals surface area contributed by atoms with E-state index in [1.165, 1.54) is 18.4 Å². The second-order valence-electron chi connectivity index (χ2n) is 4.46. The number of nitrogens with zero attached hydrogens (tertiary/aromatic N) is 2. The average molecular weight is 299 g/mol. The Hall–Kier alpha value is -0.610. The maximum atomic E-state index is 5.71. The summed E-state index contributed by atoms with van der Waals surface area (Å²) in [6.45, 7) is 6.99. The lowest BCUT2D eigenvalue weighted by atomic mass is 10.1. The van der Waals surface area contributed by atoms with Gasteiger partial charge in [0.25, 0.3) is 0 Å². The highest BCUT2D eigenvalue weighted by Crippen LogP contribution is 2.23. The number of hydrogen-bond acceptors (Lipinski definition) is 3. The summed E-state index contributed by atoms with van der Waals surface area (Å²) in [5.74, 6) is 1.06. The van der Waals surface area contributed by atoms with E-state index in [1.54, 1.807) is 0 Å². The summed E-state index contributed by atoms with van der Waals surface area (Å²) < 4.78 is 6.78. The summed E-state index contributed by atoms with van der Waals surface area (Å²) in [6.07, 6.45) is 4.59. The highest BCUT2D eigenvalue weighted by atomic mass is 79.9. The SMILES string of the molecule is CCOC1CCCN(c2cc(C)c(Br)cn2)C1. The Morgan fingerprint density at radius 1 is 1.59 bits per heavy atom. The van der Waals surface area contributed by atoms with Gasteiger partial charge in [0, 0.05) is 30.4 Å². The number of piperidine rings is 1. The summed E-state index contributed by atoms with van der Waals surface area (Å²) in [7, 11) is 0. The molecule has 1 saturated heterocycles. The number of ether oxygens (including phenoxy) is 1. The van der Waals surface area contributed by atoms with Gasteiger partial charge in [-0.15, -0.1) is 0 Å². The van der Waals surface area contributed by atoms with Crippen molar-refractivity contribution in [2.45, 2.75) is 32.8 Å². The maximum absolute atomic E-state index is 5.71. The highest BCUT2D eigenvalue weighted by Gasteiger charge is 2.21. The zero-order valence-electron chi connectivity index (χ0n) is 10.4. The number of rotatable bonds is 3. The van der Waals surface area contributed by atoms with Gasteiger partial charge in [-0.3, -0.25) is 0 Å². The normalized spacial score (nSPS) is 20.6. The van der Waals surface area contributed by atoms with Crippen molar-refractivity contribution in [1.82, 2.24) is 4.98 Å². The topological polar surface area (TPSA) is 25.4 Å². The molecule has 1 unspecified atom stereocenters. The van der Waals surface area contributed by atoms with E-state index in [2.05, 4.69) is 45.7 Å². The van der Waals surface area contributed by atoms with Gasteiger partial charge in [-0.1, -0.05) is 0 Å². The smallest absolute Gasteiger partial charge is 0.128 e. The molecule has 3 nitrogen and oxygen atoms in total. The fraction of sp³-hybridized carbons (Fsp3) is 0.615. The van der Waals surface area contributed by atoms with Crippen LogP contribution in [0.1, 0.15) is 25.3 Å². The second-order valence-corrected chi connectivity index (χ2v) is 5.31. The second kappa shape index (κ2) is 5.83. The molecule has 0 bridgehead atoms. The van der Waals surface area contributed by atoms with Crippen molar-refractivity contribution < 1.29 is 4.74 Å². The third kappa shape index (κ3) is 3.19. The summed E-state index contributed by atoms with van der Waals surface area (Å²) in [5.41, 5.74) is 1.23. The molecule has 0 aromatic carbocycles. The van der Waals surface area contributed by atoms with E-state index in [9.17, 15) is 0 Å². The molecule has 0 amide bonds. The standard InChI is InChI=1S/C13H19BrN2O/c1-3-17-11-5-4-6-16(9-11)13-7-10(2)12(14)8-15-13/h7-8,11H,3-6,9H2,1-2H3. The van der Waals surface area contributed by atoms with Crippen LogP contribution in [-0.2, 0) is 4.74 Å². The van der Waals surface area contributed by atoms with Gasteiger partial charge >= 0.3 is 0 Å². The highest BCUT2D eigenvalue weighted by molar-refractivity contribution is 9.10. The van der Waals surface area contributed by atoms with E-state index in [1.807, 2.05) is 6.20 Å². The van der Waals surface area contributed by atoms with Crippen molar-refractivity contribution in [2.75, 3.05) is 24.6 Å². The summed E-state index contributed by atoms with van der Waals surface area (Å²) in [6, 6.07) is 2.14. The Balaban J connectivity index is 2.08. The third-order valence-corrected chi connectivity index (χ3v) is 3.97. The molecule has 2 rings (SSSR count). The van der Waals surface area contributed by atoms with Crippen LogP contribution in [-0.4, -0.2) is 30.8 Å². The first kappa shape index (κ1) is 12.8. The first-order valence-corrected chi connectivity index (χ1v) is 6.98. The predicted octanol–water partition coefficient (Wildman–Crippen LogP) is 3.16. The van der Waals surface area contributed by atoms with Crippen LogP contribution in [0.5, 0.6) is 0 Å². The van der Waals surface area contributed by atoms with Crippen LogP contribution in [0.15, 0.2) is 16.7 Å². The number of anilines is 1. The first-order valence-electron chi connectivity index (χ1n) is 6.19. The lowest BCUT2D eigenvalue weighted by Crippen LogP contribution is -2.40. The van der Waals surface area contributed by atoms with E-state index >= 15 is 0 Å². The van der Waals surface area contributed by atoms with Gasteiger partial charge in [0.15, 0.2) is 0 Å². The Kier molecular flexibility index (Phi) is 4.40. The molecule has 1 aliphatic heterocycles. The number of aromatic nitrogens is 1. The van der Waals surface area contributed by atoms with Gasteiger partial charge in [-0.25, -0.2) is 4.98 Å². The molecule has 0 saturated carbocycles.